The predicted octanol–water partition coefficient (Wildman–Crippen LogP) is 3.64. The van der Waals surface area contributed by atoms with Crippen LogP contribution in [0.25, 0.3) is 11.1 Å². The Morgan fingerprint density at radius 3 is 2.52 bits per heavy atom. The number of nitrogens with one attached hydrogen (secondary N) is 1. The molecule has 0 bridgehead atoms. The molecule has 118 valence electrons. The normalized spacial score (nSPS) is 13.7. The molecule has 1 N–H and O–H groups in total. The molecule has 1 amide bonds. The summed E-state index contributed by atoms with van der Waals surface area (Å²) < 4.78 is 28.0. The fraction of sp³-hybridized carbons (Fsp3) is 0.222. The first kappa shape index (κ1) is 15.3. The molecule has 0 saturated heterocycles. The van der Waals surface area contributed by atoms with Crippen molar-refractivity contribution in [1.29, 1.82) is 0 Å². The largest absolute Gasteiger partial charge is 0.349 e. The minimum atomic E-state index is -0.676. The predicted molar refractivity (Wildman–Crippen MR) is 82.4 cm³/mol. The maximum atomic E-state index is 14.2. The Balaban J connectivity index is 2.03. The van der Waals surface area contributed by atoms with Gasteiger partial charge in [-0.3, -0.25) is 9.59 Å². The van der Waals surface area contributed by atoms with Gasteiger partial charge in [0, 0.05) is 11.6 Å². The van der Waals surface area contributed by atoms with E-state index in [0.29, 0.717) is 23.0 Å². The molecule has 0 atom stereocenters. The number of benzene rings is 2. The molecule has 5 heteroatoms. The summed E-state index contributed by atoms with van der Waals surface area (Å²) in [5.41, 5.74) is 1.32. The lowest BCUT2D eigenvalue weighted by Crippen LogP contribution is -2.25. The average molecular weight is 315 g/mol. The van der Waals surface area contributed by atoms with Crippen LogP contribution in [0.5, 0.6) is 0 Å². The Labute approximate surface area is 132 Å². The van der Waals surface area contributed by atoms with E-state index < -0.39 is 11.6 Å². The Morgan fingerprint density at radius 2 is 1.91 bits per heavy atom. The average Bonchev–Trinajstić information content (AvgIpc) is 3.33. The fourth-order valence-corrected chi connectivity index (χ4v) is 2.40. The second-order valence-electron chi connectivity index (χ2n) is 5.73. The Kier molecular flexibility index (Phi) is 3.94. The van der Waals surface area contributed by atoms with E-state index in [1.165, 1.54) is 24.3 Å². The highest BCUT2D eigenvalue weighted by Crippen LogP contribution is 2.28. The van der Waals surface area contributed by atoms with E-state index in [0.717, 1.165) is 12.8 Å². The number of aldehydes is 1. The summed E-state index contributed by atoms with van der Waals surface area (Å²) in [6.45, 7) is 1.57. The standard InChI is InChI=1S/C18H15F2NO2/c1-10-15(11-2-3-12(9-22)17(20)7-11)6-13(8-16(10)19)18(23)21-14-4-5-14/h2-3,6-9,14H,4-5H2,1H3,(H,21,23). The second kappa shape index (κ2) is 5.91. The van der Waals surface area contributed by atoms with E-state index in [1.807, 2.05) is 0 Å². The topological polar surface area (TPSA) is 46.2 Å². The fourth-order valence-electron chi connectivity index (χ4n) is 2.40. The van der Waals surface area contributed by atoms with Crippen LogP contribution >= 0.6 is 0 Å². The van der Waals surface area contributed by atoms with Crippen LogP contribution in [0.1, 0.15) is 39.1 Å². The maximum absolute atomic E-state index is 14.2. The molecular formula is C18H15F2NO2. The van der Waals surface area contributed by atoms with E-state index in [1.54, 1.807) is 13.0 Å². The molecule has 2 aromatic rings. The van der Waals surface area contributed by atoms with Crippen LogP contribution in [-0.4, -0.2) is 18.2 Å². The van der Waals surface area contributed by atoms with Crippen molar-refractivity contribution in [3.8, 4) is 11.1 Å². The van der Waals surface area contributed by atoms with Crippen LogP contribution in [0.4, 0.5) is 8.78 Å². The van der Waals surface area contributed by atoms with Crippen molar-refractivity contribution < 1.29 is 18.4 Å². The first-order chi connectivity index (χ1) is 11.0. The van der Waals surface area contributed by atoms with Crippen LogP contribution in [0.15, 0.2) is 30.3 Å². The molecule has 0 heterocycles. The molecule has 2 aromatic carbocycles. The van der Waals surface area contributed by atoms with Gasteiger partial charge in [0.15, 0.2) is 6.29 Å². The Hall–Kier alpha value is -2.56. The summed E-state index contributed by atoms with van der Waals surface area (Å²) in [5, 5.41) is 2.80. The van der Waals surface area contributed by atoms with Crippen molar-refractivity contribution in [2.24, 2.45) is 0 Å². The summed E-state index contributed by atoms with van der Waals surface area (Å²) in [7, 11) is 0. The van der Waals surface area contributed by atoms with E-state index >= 15 is 0 Å². The van der Waals surface area contributed by atoms with Crippen molar-refractivity contribution in [3.05, 3.63) is 58.7 Å². The Bertz CT molecular complexity index is 798. The number of amides is 1. The van der Waals surface area contributed by atoms with Gasteiger partial charge in [0.2, 0.25) is 0 Å². The van der Waals surface area contributed by atoms with E-state index in [-0.39, 0.29) is 23.1 Å². The quantitative estimate of drug-likeness (QED) is 0.876. The number of hydrogen-bond acceptors (Lipinski definition) is 2. The summed E-state index contributed by atoms with van der Waals surface area (Å²) in [4.78, 5) is 22.8. The molecule has 1 fully saturated rings. The van der Waals surface area contributed by atoms with Crippen LogP contribution in [0.3, 0.4) is 0 Å². The van der Waals surface area contributed by atoms with Crippen LogP contribution in [0.2, 0.25) is 0 Å². The Morgan fingerprint density at radius 1 is 1.17 bits per heavy atom. The van der Waals surface area contributed by atoms with Gasteiger partial charge < -0.3 is 5.32 Å². The van der Waals surface area contributed by atoms with Crippen LogP contribution in [-0.2, 0) is 0 Å². The number of carbonyl (C=O) groups is 2. The lowest BCUT2D eigenvalue weighted by atomic mass is 9.96. The van der Waals surface area contributed by atoms with Crippen LogP contribution < -0.4 is 5.32 Å². The van der Waals surface area contributed by atoms with Gasteiger partial charge in [0.25, 0.3) is 5.91 Å². The molecule has 0 spiro atoms. The van der Waals surface area contributed by atoms with Crippen molar-refractivity contribution in [2.75, 3.05) is 0 Å². The van der Waals surface area contributed by atoms with Gasteiger partial charge in [0.05, 0.1) is 5.56 Å². The zero-order chi connectivity index (χ0) is 16.6. The van der Waals surface area contributed by atoms with Crippen molar-refractivity contribution in [1.82, 2.24) is 5.32 Å². The molecule has 0 aromatic heterocycles. The first-order valence-electron chi connectivity index (χ1n) is 7.35. The van der Waals surface area contributed by atoms with Gasteiger partial charge in [-0.1, -0.05) is 6.07 Å². The van der Waals surface area contributed by atoms with Gasteiger partial charge in [0.1, 0.15) is 11.6 Å². The highest BCUT2D eigenvalue weighted by atomic mass is 19.1. The van der Waals surface area contributed by atoms with Gasteiger partial charge in [-0.25, -0.2) is 8.78 Å². The lowest BCUT2D eigenvalue weighted by Gasteiger charge is -2.11. The lowest BCUT2D eigenvalue weighted by molar-refractivity contribution is 0.0950. The maximum Gasteiger partial charge on any atom is 0.251 e. The number of hydrogen-bond donors (Lipinski definition) is 1. The third-order valence-electron chi connectivity index (χ3n) is 3.96. The van der Waals surface area contributed by atoms with E-state index in [2.05, 4.69) is 5.32 Å². The zero-order valence-corrected chi connectivity index (χ0v) is 12.5. The van der Waals surface area contributed by atoms with E-state index in [4.69, 9.17) is 0 Å². The number of carbonyl (C=O) groups excluding carboxylic acids is 2. The number of halogens is 2. The molecule has 23 heavy (non-hydrogen) atoms. The SMILES string of the molecule is Cc1c(F)cc(C(=O)NC2CC2)cc1-c1ccc(C=O)c(F)c1. The van der Waals surface area contributed by atoms with Gasteiger partial charge >= 0.3 is 0 Å². The summed E-state index contributed by atoms with van der Waals surface area (Å²) >= 11 is 0. The van der Waals surface area contributed by atoms with Gasteiger partial charge in [-0.05, 0) is 60.7 Å². The molecule has 1 aliphatic carbocycles. The monoisotopic (exact) mass is 315 g/mol. The van der Waals surface area contributed by atoms with Crippen molar-refractivity contribution >= 4 is 12.2 Å². The third kappa shape index (κ3) is 3.13. The molecular weight excluding hydrogens is 300 g/mol. The van der Waals surface area contributed by atoms with E-state index in [9.17, 15) is 18.4 Å². The summed E-state index contributed by atoms with van der Waals surface area (Å²) in [6, 6.07) is 6.95. The van der Waals surface area contributed by atoms with Gasteiger partial charge in [-0.2, -0.15) is 0 Å². The summed E-state index contributed by atoms with van der Waals surface area (Å²) in [5.74, 6) is -1.54. The first-order valence-corrected chi connectivity index (χ1v) is 7.35. The zero-order valence-electron chi connectivity index (χ0n) is 12.5. The molecule has 0 aliphatic heterocycles. The highest BCUT2D eigenvalue weighted by Gasteiger charge is 2.24. The number of rotatable bonds is 4. The smallest absolute Gasteiger partial charge is 0.251 e. The van der Waals surface area contributed by atoms with Crippen LogP contribution in [0, 0.1) is 18.6 Å². The molecule has 3 rings (SSSR count). The molecule has 3 nitrogen and oxygen atoms in total. The van der Waals surface area contributed by atoms with Crippen molar-refractivity contribution in [2.45, 2.75) is 25.8 Å². The molecule has 0 unspecified atom stereocenters. The minimum absolute atomic E-state index is 0.0606. The molecule has 1 saturated carbocycles. The molecule has 1 aliphatic rings. The minimum Gasteiger partial charge on any atom is -0.349 e. The second-order valence-corrected chi connectivity index (χ2v) is 5.73. The van der Waals surface area contributed by atoms with Gasteiger partial charge in [-0.15, -0.1) is 0 Å². The third-order valence-corrected chi connectivity index (χ3v) is 3.96. The van der Waals surface area contributed by atoms with Crippen molar-refractivity contribution in [3.63, 3.8) is 0 Å². The summed E-state index contributed by atoms with van der Waals surface area (Å²) in [6.07, 6.45) is 2.29. The molecule has 0 radical (unpaired) electrons. The highest BCUT2D eigenvalue weighted by molar-refractivity contribution is 5.96.